The fraction of sp³-hybridized carbons (Fsp3) is 0.375. The van der Waals surface area contributed by atoms with Crippen molar-refractivity contribution in [3.8, 4) is 0 Å². The summed E-state index contributed by atoms with van der Waals surface area (Å²) in [4.78, 5) is 0. The lowest BCUT2D eigenvalue weighted by Gasteiger charge is -2.41. The predicted octanol–water partition coefficient (Wildman–Crippen LogP) is 4.10. The minimum absolute atomic E-state index is 1.03. The Morgan fingerprint density at radius 3 is 1.76 bits per heavy atom. The molecule has 114 valence electrons. The molecule has 0 bridgehead atoms. The Hall–Kier alpha value is -1.19. The van der Waals surface area contributed by atoms with Gasteiger partial charge in [-0.05, 0) is 65.2 Å². The molecule has 0 atom stereocenters. The highest BCUT2D eigenvalue weighted by Gasteiger charge is 2.28. The van der Waals surface area contributed by atoms with Crippen molar-refractivity contribution in [3.05, 3.63) is 42.5 Å². The second kappa shape index (κ2) is 6.29. The molecule has 2 aromatic carbocycles. The molecule has 2 rings (SSSR count). The third-order valence-corrected chi connectivity index (χ3v) is 7.31. The van der Waals surface area contributed by atoms with Crippen LogP contribution in [0.15, 0.2) is 47.2 Å². The van der Waals surface area contributed by atoms with Crippen LogP contribution in [0.1, 0.15) is 0 Å². The van der Waals surface area contributed by atoms with Crippen LogP contribution in [-0.2, 0) is 0 Å². The molecule has 0 heterocycles. The topological polar surface area (TPSA) is 22.1 Å². The molecular formula is C16H25N4P. The molecule has 4 nitrogen and oxygen atoms in total. The molecule has 0 saturated carbocycles. The van der Waals surface area contributed by atoms with Gasteiger partial charge in [-0.25, -0.2) is 4.74 Å². The summed E-state index contributed by atoms with van der Waals surface area (Å²) in [5.41, 5.74) is 1.03. The van der Waals surface area contributed by atoms with Gasteiger partial charge in [0.25, 0.3) is 0 Å². The fourth-order valence-corrected chi connectivity index (χ4v) is 5.85. The number of rotatable bonds is 4. The van der Waals surface area contributed by atoms with E-state index in [9.17, 15) is 0 Å². The fourth-order valence-electron chi connectivity index (χ4n) is 2.74. The van der Waals surface area contributed by atoms with E-state index < -0.39 is 7.51 Å². The van der Waals surface area contributed by atoms with Gasteiger partial charge in [0, 0.05) is 0 Å². The molecule has 0 unspecified atom stereocenters. The van der Waals surface area contributed by atoms with Gasteiger partial charge in [0.2, 0.25) is 0 Å². The first-order valence-corrected chi connectivity index (χ1v) is 8.62. The highest BCUT2D eigenvalue weighted by molar-refractivity contribution is 7.59. The zero-order valence-electron chi connectivity index (χ0n) is 13.8. The Labute approximate surface area is 128 Å². The number of hydrogen-bond acceptors (Lipinski definition) is 1. The van der Waals surface area contributed by atoms with Gasteiger partial charge >= 0.3 is 0 Å². The van der Waals surface area contributed by atoms with Crippen molar-refractivity contribution in [2.24, 2.45) is 4.74 Å². The Morgan fingerprint density at radius 2 is 1.24 bits per heavy atom. The summed E-state index contributed by atoms with van der Waals surface area (Å²) >= 11 is 0. The monoisotopic (exact) mass is 304 g/mol. The highest BCUT2D eigenvalue weighted by atomic mass is 31.2. The summed E-state index contributed by atoms with van der Waals surface area (Å²) in [6.45, 7) is 0. The molecule has 0 aromatic heterocycles. The van der Waals surface area contributed by atoms with E-state index in [-0.39, 0.29) is 0 Å². The minimum atomic E-state index is -1.89. The molecule has 21 heavy (non-hydrogen) atoms. The van der Waals surface area contributed by atoms with E-state index in [1.54, 1.807) is 0 Å². The molecule has 0 spiro atoms. The van der Waals surface area contributed by atoms with Crippen LogP contribution >= 0.6 is 7.51 Å². The van der Waals surface area contributed by atoms with Gasteiger partial charge in [-0.15, -0.1) is 0 Å². The molecule has 0 amide bonds. The molecule has 0 radical (unpaired) electrons. The Morgan fingerprint density at radius 1 is 0.714 bits per heavy atom. The van der Waals surface area contributed by atoms with Crippen molar-refractivity contribution < 1.29 is 0 Å². The third-order valence-electron chi connectivity index (χ3n) is 3.59. The van der Waals surface area contributed by atoms with Gasteiger partial charge in [0.1, 0.15) is 0 Å². The van der Waals surface area contributed by atoms with Crippen molar-refractivity contribution in [3.63, 3.8) is 0 Å². The number of fused-ring (bicyclic) bond motifs is 1. The molecule has 0 saturated heterocycles. The van der Waals surface area contributed by atoms with Crippen LogP contribution in [0.25, 0.3) is 10.8 Å². The van der Waals surface area contributed by atoms with Crippen molar-refractivity contribution >= 4 is 24.0 Å². The normalized spacial score (nSPS) is 12.6. The van der Waals surface area contributed by atoms with Crippen molar-refractivity contribution in [2.75, 3.05) is 42.3 Å². The number of benzene rings is 2. The maximum absolute atomic E-state index is 5.13. The second-order valence-electron chi connectivity index (χ2n) is 5.71. The van der Waals surface area contributed by atoms with Gasteiger partial charge in [-0.2, -0.15) is 0 Å². The lowest BCUT2D eigenvalue weighted by Crippen LogP contribution is -2.30. The van der Waals surface area contributed by atoms with Gasteiger partial charge < -0.3 is 0 Å². The van der Waals surface area contributed by atoms with Crippen molar-refractivity contribution in [1.82, 2.24) is 14.0 Å². The first-order valence-electron chi connectivity index (χ1n) is 7.02. The van der Waals surface area contributed by atoms with Crippen LogP contribution in [-0.4, -0.2) is 56.3 Å². The van der Waals surface area contributed by atoms with Gasteiger partial charge in [-0.3, -0.25) is 14.0 Å². The van der Waals surface area contributed by atoms with Crippen LogP contribution in [0, 0.1) is 0 Å². The van der Waals surface area contributed by atoms with E-state index in [1.807, 2.05) is 0 Å². The molecule has 0 aliphatic carbocycles. The van der Waals surface area contributed by atoms with Crippen LogP contribution in [0.3, 0.4) is 0 Å². The maximum Gasteiger partial charge on any atom is 0.171 e. The maximum atomic E-state index is 5.13. The summed E-state index contributed by atoms with van der Waals surface area (Å²) in [6.07, 6.45) is 0. The number of hydrogen-bond donors (Lipinski definition) is 0. The van der Waals surface area contributed by atoms with Gasteiger partial charge in [0.15, 0.2) is 7.51 Å². The lowest BCUT2D eigenvalue weighted by molar-refractivity contribution is 0.474. The molecule has 0 aliphatic heterocycles. The summed E-state index contributed by atoms with van der Waals surface area (Å²) < 4.78 is 11.8. The third kappa shape index (κ3) is 3.04. The van der Waals surface area contributed by atoms with Crippen molar-refractivity contribution in [2.45, 2.75) is 0 Å². The van der Waals surface area contributed by atoms with E-state index in [1.165, 1.54) is 10.8 Å². The van der Waals surface area contributed by atoms with Crippen LogP contribution in [0.2, 0.25) is 0 Å². The smallest absolute Gasteiger partial charge is 0.171 e. The summed E-state index contributed by atoms with van der Waals surface area (Å²) in [5.74, 6) is 0. The first kappa shape index (κ1) is 16.2. The SMILES string of the molecule is CN(C)P(=Nc1ccc2ccccc2c1)(N(C)C)N(C)C. The van der Waals surface area contributed by atoms with E-state index >= 15 is 0 Å². The molecule has 0 N–H and O–H groups in total. The van der Waals surface area contributed by atoms with Crippen LogP contribution < -0.4 is 0 Å². The van der Waals surface area contributed by atoms with E-state index in [0.29, 0.717) is 0 Å². The molecule has 5 heteroatoms. The Bertz CT molecular complexity index is 648. The summed E-state index contributed by atoms with van der Waals surface area (Å²) in [6, 6.07) is 14.8. The first-order chi connectivity index (χ1) is 9.87. The second-order valence-corrected chi connectivity index (χ2v) is 9.38. The van der Waals surface area contributed by atoms with Crippen molar-refractivity contribution in [1.29, 1.82) is 0 Å². The molecular weight excluding hydrogens is 279 g/mol. The highest BCUT2D eigenvalue weighted by Crippen LogP contribution is 2.56. The molecule has 0 aliphatic rings. The standard InChI is InChI=1S/C16H25N4P/c1-18(2)21(19(3)4,20(5)6)17-16-12-11-14-9-7-8-10-15(14)13-16/h7-13H,1-6H3. The van der Waals surface area contributed by atoms with Gasteiger partial charge in [-0.1, -0.05) is 30.3 Å². The minimum Gasteiger partial charge on any atom is -0.252 e. The zero-order chi connectivity index (χ0) is 15.6. The summed E-state index contributed by atoms with van der Waals surface area (Å²) in [5, 5.41) is 2.48. The largest absolute Gasteiger partial charge is 0.252 e. The average Bonchev–Trinajstić information content (AvgIpc) is 2.43. The van der Waals surface area contributed by atoms with Crippen LogP contribution in [0.4, 0.5) is 5.69 Å². The van der Waals surface area contributed by atoms with E-state index in [2.05, 4.69) is 98.8 Å². The predicted molar refractivity (Wildman–Crippen MR) is 94.0 cm³/mol. The Balaban J connectivity index is 2.64. The van der Waals surface area contributed by atoms with E-state index in [4.69, 9.17) is 4.74 Å². The zero-order valence-corrected chi connectivity index (χ0v) is 14.7. The quantitative estimate of drug-likeness (QED) is 0.794. The molecule has 2 aromatic rings. The van der Waals surface area contributed by atoms with Gasteiger partial charge in [0.05, 0.1) is 5.69 Å². The van der Waals surface area contributed by atoms with E-state index in [0.717, 1.165) is 5.69 Å². The number of nitrogens with zero attached hydrogens (tertiary/aromatic N) is 4. The lowest BCUT2D eigenvalue weighted by atomic mass is 10.1. The molecule has 0 fully saturated rings. The van der Waals surface area contributed by atoms with Crippen LogP contribution in [0.5, 0.6) is 0 Å². The Kier molecular flexibility index (Phi) is 4.84. The summed E-state index contributed by atoms with van der Waals surface area (Å²) in [7, 11) is 10.7. The average molecular weight is 304 g/mol.